The molecule has 1 heterocycles. The number of rotatable bonds is 4. The molecule has 0 bridgehead atoms. The van der Waals surface area contributed by atoms with Crippen molar-refractivity contribution in [3.63, 3.8) is 0 Å². The van der Waals surface area contributed by atoms with Crippen LogP contribution in [-0.4, -0.2) is 23.2 Å². The van der Waals surface area contributed by atoms with E-state index in [0.29, 0.717) is 17.3 Å². The van der Waals surface area contributed by atoms with Gasteiger partial charge < -0.3 is 10.0 Å². The lowest BCUT2D eigenvalue weighted by Crippen LogP contribution is -2.24. The molecule has 3 nitrogen and oxygen atoms in total. The molecule has 4 heteroatoms. The number of halogens is 1. The fourth-order valence-corrected chi connectivity index (χ4v) is 1.39. The number of aliphatic hydroxyl groups is 1. The van der Waals surface area contributed by atoms with Crippen LogP contribution in [0.1, 0.15) is 12.6 Å². The zero-order valence-corrected chi connectivity index (χ0v) is 9.33. The Balaban J connectivity index is 2.99. The van der Waals surface area contributed by atoms with Gasteiger partial charge in [-0.2, -0.15) is 0 Å². The van der Waals surface area contributed by atoms with Gasteiger partial charge in [0, 0.05) is 6.54 Å². The lowest BCUT2D eigenvalue weighted by molar-refractivity contribution is 0.277. The predicted molar refractivity (Wildman–Crippen MR) is 61.9 cm³/mol. The van der Waals surface area contributed by atoms with Gasteiger partial charge in [-0.3, -0.25) is 0 Å². The molecule has 0 saturated carbocycles. The van der Waals surface area contributed by atoms with E-state index in [0.717, 1.165) is 12.4 Å². The summed E-state index contributed by atoms with van der Waals surface area (Å²) < 4.78 is 0. The van der Waals surface area contributed by atoms with E-state index in [1.165, 1.54) is 0 Å². The number of hydrogen-bond donors (Lipinski definition) is 1. The van der Waals surface area contributed by atoms with Crippen molar-refractivity contribution in [2.75, 3.05) is 18.0 Å². The number of anilines is 1. The third-order valence-corrected chi connectivity index (χ3v) is 2.39. The lowest BCUT2D eigenvalue weighted by Gasteiger charge is -2.19. The summed E-state index contributed by atoms with van der Waals surface area (Å²) in [4.78, 5) is 6.16. The molecule has 0 saturated heterocycles. The standard InChI is InChI=1S/C11H13ClN2O/c1-3-7-14(4-2)11-6-5-9(12)10(8-15)13-11/h1,5-6,15H,4,7-8H2,2H3. The molecule has 0 aliphatic heterocycles. The molecule has 0 amide bonds. The molecule has 15 heavy (non-hydrogen) atoms. The molecular weight excluding hydrogens is 212 g/mol. The molecule has 1 aromatic rings. The molecule has 0 aromatic carbocycles. The molecule has 1 rings (SSSR count). The van der Waals surface area contributed by atoms with Gasteiger partial charge in [-0.25, -0.2) is 4.98 Å². The molecule has 80 valence electrons. The van der Waals surface area contributed by atoms with Crippen molar-refractivity contribution in [3.05, 3.63) is 22.8 Å². The molecule has 0 atom stereocenters. The first-order chi connectivity index (χ1) is 7.22. The zero-order chi connectivity index (χ0) is 11.3. The first-order valence-corrected chi connectivity index (χ1v) is 5.05. The Morgan fingerprint density at radius 2 is 2.33 bits per heavy atom. The number of aliphatic hydroxyl groups excluding tert-OH is 1. The van der Waals surface area contributed by atoms with Gasteiger partial charge in [0.1, 0.15) is 5.82 Å². The average molecular weight is 225 g/mol. The summed E-state index contributed by atoms with van der Waals surface area (Å²) in [5.74, 6) is 3.30. The molecular formula is C11H13ClN2O. The number of nitrogens with zero attached hydrogens (tertiary/aromatic N) is 2. The predicted octanol–water partition coefficient (Wildman–Crippen LogP) is 1.69. The number of aromatic nitrogens is 1. The highest BCUT2D eigenvalue weighted by molar-refractivity contribution is 6.31. The van der Waals surface area contributed by atoms with Crippen LogP contribution in [0.5, 0.6) is 0 Å². The maximum absolute atomic E-state index is 9.02. The van der Waals surface area contributed by atoms with Crippen LogP contribution in [0, 0.1) is 12.3 Å². The topological polar surface area (TPSA) is 36.4 Å². The van der Waals surface area contributed by atoms with Crippen molar-refractivity contribution < 1.29 is 5.11 Å². The van der Waals surface area contributed by atoms with Crippen LogP contribution in [0.25, 0.3) is 0 Å². The Labute approximate surface area is 94.7 Å². The second-order valence-corrected chi connectivity index (χ2v) is 3.38. The van der Waals surface area contributed by atoms with Gasteiger partial charge in [0.15, 0.2) is 0 Å². The van der Waals surface area contributed by atoms with Crippen LogP contribution in [0.2, 0.25) is 5.02 Å². The number of pyridine rings is 1. The maximum atomic E-state index is 9.02. The monoisotopic (exact) mass is 224 g/mol. The van der Waals surface area contributed by atoms with E-state index < -0.39 is 0 Å². The minimum Gasteiger partial charge on any atom is -0.390 e. The summed E-state index contributed by atoms with van der Waals surface area (Å²) in [5.41, 5.74) is 0.477. The second kappa shape index (κ2) is 5.59. The first-order valence-electron chi connectivity index (χ1n) is 4.67. The van der Waals surface area contributed by atoms with Gasteiger partial charge in [-0.15, -0.1) is 6.42 Å². The molecule has 0 radical (unpaired) electrons. The largest absolute Gasteiger partial charge is 0.390 e. The highest BCUT2D eigenvalue weighted by atomic mass is 35.5. The summed E-state index contributed by atoms with van der Waals surface area (Å²) in [6, 6.07) is 3.51. The molecule has 0 unspecified atom stereocenters. The quantitative estimate of drug-likeness (QED) is 0.791. The Morgan fingerprint density at radius 3 is 2.87 bits per heavy atom. The van der Waals surface area contributed by atoms with Gasteiger partial charge in [-0.1, -0.05) is 17.5 Å². The van der Waals surface area contributed by atoms with Crippen molar-refractivity contribution >= 4 is 17.4 Å². The van der Waals surface area contributed by atoms with Crippen molar-refractivity contribution in [3.8, 4) is 12.3 Å². The van der Waals surface area contributed by atoms with Crippen LogP contribution in [0.4, 0.5) is 5.82 Å². The Kier molecular flexibility index (Phi) is 4.41. The molecule has 1 aromatic heterocycles. The van der Waals surface area contributed by atoms with Crippen molar-refractivity contribution in [2.45, 2.75) is 13.5 Å². The van der Waals surface area contributed by atoms with Gasteiger partial charge in [-0.05, 0) is 19.1 Å². The summed E-state index contributed by atoms with van der Waals surface area (Å²) >= 11 is 5.84. The molecule has 0 aliphatic rings. The second-order valence-electron chi connectivity index (χ2n) is 2.97. The van der Waals surface area contributed by atoms with E-state index in [-0.39, 0.29) is 6.61 Å². The van der Waals surface area contributed by atoms with Gasteiger partial charge in [0.2, 0.25) is 0 Å². The highest BCUT2D eigenvalue weighted by Crippen LogP contribution is 2.18. The minimum atomic E-state index is -0.166. The third-order valence-electron chi connectivity index (χ3n) is 2.04. The lowest BCUT2D eigenvalue weighted by atomic mass is 10.3. The summed E-state index contributed by atoms with van der Waals surface area (Å²) in [6.45, 7) is 3.09. The fourth-order valence-electron chi connectivity index (χ4n) is 1.22. The Hall–Kier alpha value is -1.24. The van der Waals surface area contributed by atoms with Crippen LogP contribution in [-0.2, 0) is 6.61 Å². The van der Waals surface area contributed by atoms with Crippen molar-refractivity contribution in [1.82, 2.24) is 4.98 Å². The molecule has 1 N–H and O–H groups in total. The molecule has 0 spiro atoms. The fraction of sp³-hybridized carbons (Fsp3) is 0.364. The van der Waals surface area contributed by atoms with Crippen LogP contribution in [0.3, 0.4) is 0 Å². The van der Waals surface area contributed by atoms with E-state index >= 15 is 0 Å². The summed E-state index contributed by atoms with van der Waals surface area (Å²) in [5, 5.41) is 9.49. The normalized spacial score (nSPS) is 9.73. The van der Waals surface area contributed by atoms with Crippen LogP contribution in [0.15, 0.2) is 12.1 Å². The van der Waals surface area contributed by atoms with E-state index in [1.807, 2.05) is 11.8 Å². The first kappa shape index (κ1) is 11.8. The van der Waals surface area contributed by atoms with Crippen molar-refractivity contribution in [1.29, 1.82) is 0 Å². The summed E-state index contributed by atoms with van der Waals surface area (Å²) in [7, 11) is 0. The number of hydrogen-bond acceptors (Lipinski definition) is 3. The Morgan fingerprint density at radius 1 is 1.60 bits per heavy atom. The van der Waals surface area contributed by atoms with Crippen molar-refractivity contribution in [2.24, 2.45) is 0 Å². The number of terminal acetylenes is 1. The highest BCUT2D eigenvalue weighted by Gasteiger charge is 2.07. The Bertz CT molecular complexity index is 373. The van der Waals surface area contributed by atoms with Crippen LogP contribution >= 0.6 is 11.6 Å². The van der Waals surface area contributed by atoms with E-state index in [9.17, 15) is 0 Å². The molecule has 0 fully saturated rings. The van der Waals surface area contributed by atoms with Gasteiger partial charge in [0.25, 0.3) is 0 Å². The SMILES string of the molecule is C#CCN(CC)c1ccc(Cl)c(CO)n1. The van der Waals surface area contributed by atoms with Gasteiger partial charge in [0.05, 0.1) is 23.9 Å². The van der Waals surface area contributed by atoms with E-state index in [4.69, 9.17) is 23.1 Å². The maximum Gasteiger partial charge on any atom is 0.129 e. The average Bonchev–Trinajstić information content (AvgIpc) is 2.27. The summed E-state index contributed by atoms with van der Waals surface area (Å²) in [6.07, 6.45) is 5.25. The molecule has 0 aliphatic carbocycles. The third kappa shape index (κ3) is 2.85. The van der Waals surface area contributed by atoms with Gasteiger partial charge >= 0.3 is 0 Å². The smallest absolute Gasteiger partial charge is 0.129 e. The zero-order valence-electron chi connectivity index (χ0n) is 8.57. The van der Waals surface area contributed by atoms with E-state index in [1.54, 1.807) is 12.1 Å². The van der Waals surface area contributed by atoms with E-state index in [2.05, 4.69) is 10.9 Å². The van der Waals surface area contributed by atoms with Crippen LogP contribution < -0.4 is 4.90 Å². The minimum absolute atomic E-state index is 0.166.